The number of fused-ring (bicyclic) bond motifs is 1. The highest BCUT2D eigenvalue weighted by Crippen LogP contribution is 2.32. The van der Waals surface area contributed by atoms with Gasteiger partial charge in [0.25, 0.3) is 5.91 Å². The molecule has 5 heteroatoms. The lowest BCUT2D eigenvalue weighted by molar-refractivity contribution is -0.121. The van der Waals surface area contributed by atoms with Gasteiger partial charge in [0.05, 0.1) is 23.9 Å². The highest BCUT2D eigenvalue weighted by atomic mass is 19.1. The van der Waals surface area contributed by atoms with E-state index < -0.39 is 5.82 Å². The van der Waals surface area contributed by atoms with Gasteiger partial charge >= 0.3 is 0 Å². The molecule has 0 aliphatic carbocycles. The summed E-state index contributed by atoms with van der Waals surface area (Å²) in [5.74, 6) is -0.0492. The van der Waals surface area contributed by atoms with Crippen LogP contribution in [0.1, 0.15) is 11.1 Å². The number of ether oxygens (including phenoxy) is 1. The summed E-state index contributed by atoms with van der Waals surface area (Å²) < 4.78 is 18.7. The van der Waals surface area contributed by atoms with E-state index in [9.17, 15) is 9.18 Å². The quantitative estimate of drug-likeness (QED) is 0.850. The van der Waals surface area contributed by atoms with E-state index in [2.05, 4.69) is 0 Å². The van der Waals surface area contributed by atoms with Gasteiger partial charge < -0.3 is 9.64 Å². The van der Waals surface area contributed by atoms with Crippen molar-refractivity contribution in [2.75, 3.05) is 11.5 Å². The van der Waals surface area contributed by atoms with E-state index in [-0.39, 0.29) is 19.1 Å². The molecule has 1 heterocycles. The van der Waals surface area contributed by atoms with Crippen LogP contribution in [0.15, 0.2) is 42.5 Å². The van der Waals surface area contributed by atoms with Crippen molar-refractivity contribution in [2.24, 2.45) is 0 Å². The second-order valence-electron chi connectivity index (χ2n) is 4.65. The smallest absolute Gasteiger partial charge is 0.265 e. The van der Waals surface area contributed by atoms with Crippen LogP contribution >= 0.6 is 0 Å². The average Bonchev–Trinajstić information content (AvgIpc) is 2.50. The number of halogens is 1. The minimum atomic E-state index is -0.432. The Balaban J connectivity index is 2.00. The maximum absolute atomic E-state index is 13.4. The Hall–Kier alpha value is -2.87. The van der Waals surface area contributed by atoms with Crippen LogP contribution in [-0.2, 0) is 11.3 Å². The molecule has 0 atom stereocenters. The Morgan fingerprint density at radius 2 is 2.10 bits per heavy atom. The molecule has 21 heavy (non-hydrogen) atoms. The number of rotatable bonds is 2. The Bertz CT molecular complexity index is 752. The third-order valence-electron chi connectivity index (χ3n) is 3.32. The molecule has 1 aliphatic rings. The van der Waals surface area contributed by atoms with Crippen LogP contribution in [0, 0.1) is 17.1 Å². The second kappa shape index (κ2) is 5.25. The Morgan fingerprint density at radius 1 is 1.29 bits per heavy atom. The SMILES string of the molecule is N#Cc1ccc(F)cc1CN1C(=O)COc2ccccc21. The fourth-order valence-corrected chi connectivity index (χ4v) is 2.30. The first kappa shape index (κ1) is 13.1. The minimum absolute atomic E-state index is 0.0613. The van der Waals surface area contributed by atoms with Crippen molar-refractivity contribution in [3.63, 3.8) is 0 Å². The molecule has 0 bridgehead atoms. The number of nitrogens with zero attached hydrogens (tertiary/aromatic N) is 2. The summed E-state index contributed by atoms with van der Waals surface area (Å²) in [5.41, 5.74) is 1.46. The van der Waals surface area contributed by atoms with Crippen molar-refractivity contribution < 1.29 is 13.9 Å². The molecule has 2 aromatic rings. The molecule has 4 nitrogen and oxygen atoms in total. The van der Waals surface area contributed by atoms with Gasteiger partial charge in [0, 0.05) is 0 Å². The van der Waals surface area contributed by atoms with Gasteiger partial charge in [-0.1, -0.05) is 12.1 Å². The van der Waals surface area contributed by atoms with Gasteiger partial charge in [-0.3, -0.25) is 4.79 Å². The average molecular weight is 282 g/mol. The summed E-state index contributed by atoms with van der Waals surface area (Å²) in [6.45, 7) is 0.0775. The summed E-state index contributed by atoms with van der Waals surface area (Å²) in [5, 5.41) is 9.10. The first-order valence-electron chi connectivity index (χ1n) is 6.40. The highest BCUT2D eigenvalue weighted by molar-refractivity contribution is 5.97. The third-order valence-corrected chi connectivity index (χ3v) is 3.32. The van der Waals surface area contributed by atoms with E-state index in [1.54, 1.807) is 18.2 Å². The molecule has 0 aromatic heterocycles. The number of hydrogen-bond donors (Lipinski definition) is 0. The lowest BCUT2D eigenvalue weighted by atomic mass is 10.1. The lowest BCUT2D eigenvalue weighted by Crippen LogP contribution is -2.38. The summed E-state index contributed by atoms with van der Waals surface area (Å²) >= 11 is 0. The summed E-state index contributed by atoms with van der Waals surface area (Å²) in [6, 6.07) is 13.1. The van der Waals surface area contributed by atoms with E-state index in [0.29, 0.717) is 22.6 Å². The molecule has 0 saturated carbocycles. The Morgan fingerprint density at radius 3 is 2.90 bits per heavy atom. The fourth-order valence-electron chi connectivity index (χ4n) is 2.30. The molecule has 2 aromatic carbocycles. The Labute approximate surface area is 121 Å². The van der Waals surface area contributed by atoms with Gasteiger partial charge in [-0.15, -0.1) is 0 Å². The first-order valence-corrected chi connectivity index (χ1v) is 6.40. The lowest BCUT2D eigenvalue weighted by Gasteiger charge is -2.29. The predicted octanol–water partition coefficient (Wildman–Crippen LogP) is 2.62. The van der Waals surface area contributed by atoms with Gasteiger partial charge in [0.2, 0.25) is 0 Å². The van der Waals surface area contributed by atoms with Gasteiger partial charge in [0.1, 0.15) is 11.6 Å². The highest BCUT2D eigenvalue weighted by Gasteiger charge is 2.25. The van der Waals surface area contributed by atoms with Gasteiger partial charge in [-0.25, -0.2) is 4.39 Å². The van der Waals surface area contributed by atoms with Gasteiger partial charge in [-0.05, 0) is 35.9 Å². The number of anilines is 1. The maximum Gasteiger partial charge on any atom is 0.265 e. The molecule has 0 N–H and O–H groups in total. The van der Waals surface area contributed by atoms with Crippen LogP contribution in [0.25, 0.3) is 0 Å². The standard InChI is InChI=1S/C16H11FN2O2/c17-13-6-5-11(8-18)12(7-13)9-19-14-3-1-2-4-15(14)21-10-16(19)20/h1-7H,9-10H2. The van der Waals surface area contributed by atoms with Crippen molar-refractivity contribution in [3.8, 4) is 11.8 Å². The normalized spacial score (nSPS) is 13.3. The predicted molar refractivity (Wildman–Crippen MR) is 74.2 cm³/mol. The van der Waals surface area contributed by atoms with Crippen LogP contribution in [0.5, 0.6) is 5.75 Å². The number of benzene rings is 2. The molecule has 104 valence electrons. The van der Waals surface area contributed by atoms with E-state index in [1.165, 1.54) is 23.1 Å². The van der Waals surface area contributed by atoms with Crippen LogP contribution in [0.3, 0.4) is 0 Å². The molecule has 3 rings (SSSR count). The monoisotopic (exact) mass is 282 g/mol. The first-order chi connectivity index (χ1) is 10.2. The van der Waals surface area contributed by atoms with E-state index in [1.807, 2.05) is 12.1 Å². The van der Waals surface area contributed by atoms with Crippen molar-refractivity contribution in [3.05, 3.63) is 59.4 Å². The molecular formula is C16H11FN2O2. The number of hydrogen-bond acceptors (Lipinski definition) is 3. The zero-order valence-electron chi connectivity index (χ0n) is 11.0. The molecule has 0 radical (unpaired) electrons. The van der Waals surface area contributed by atoms with Crippen molar-refractivity contribution >= 4 is 11.6 Å². The van der Waals surface area contributed by atoms with Crippen LogP contribution in [0.4, 0.5) is 10.1 Å². The molecular weight excluding hydrogens is 271 g/mol. The van der Waals surface area contributed by atoms with Crippen molar-refractivity contribution in [2.45, 2.75) is 6.54 Å². The Kier molecular flexibility index (Phi) is 3.28. The molecule has 0 saturated heterocycles. The molecule has 0 spiro atoms. The number of carbonyl (C=O) groups is 1. The topological polar surface area (TPSA) is 53.3 Å². The number of amides is 1. The third kappa shape index (κ3) is 2.43. The van der Waals surface area contributed by atoms with E-state index in [4.69, 9.17) is 10.00 Å². The van der Waals surface area contributed by atoms with Crippen LogP contribution in [-0.4, -0.2) is 12.5 Å². The largest absolute Gasteiger partial charge is 0.482 e. The second-order valence-corrected chi connectivity index (χ2v) is 4.65. The van der Waals surface area contributed by atoms with Gasteiger partial charge in [0.15, 0.2) is 6.61 Å². The van der Waals surface area contributed by atoms with Crippen molar-refractivity contribution in [1.29, 1.82) is 5.26 Å². The summed E-state index contributed by atoms with van der Waals surface area (Å²) in [6.07, 6.45) is 0. The zero-order chi connectivity index (χ0) is 14.8. The zero-order valence-corrected chi connectivity index (χ0v) is 11.0. The molecule has 1 aliphatic heterocycles. The van der Waals surface area contributed by atoms with Crippen LogP contribution < -0.4 is 9.64 Å². The van der Waals surface area contributed by atoms with Gasteiger partial charge in [-0.2, -0.15) is 5.26 Å². The number of nitriles is 1. The molecule has 1 amide bonds. The fraction of sp³-hybridized carbons (Fsp3) is 0.125. The number of para-hydroxylation sites is 2. The van der Waals surface area contributed by atoms with E-state index >= 15 is 0 Å². The summed E-state index contributed by atoms with van der Waals surface area (Å²) in [4.78, 5) is 13.6. The molecule has 0 unspecified atom stereocenters. The van der Waals surface area contributed by atoms with Crippen LogP contribution in [0.2, 0.25) is 0 Å². The minimum Gasteiger partial charge on any atom is -0.482 e. The van der Waals surface area contributed by atoms with Crippen molar-refractivity contribution in [1.82, 2.24) is 0 Å². The summed E-state index contributed by atoms with van der Waals surface area (Å²) in [7, 11) is 0. The van der Waals surface area contributed by atoms with E-state index in [0.717, 1.165) is 0 Å². The number of carbonyl (C=O) groups excluding carboxylic acids is 1. The molecule has 0 fully saturated rings. The maximum atomic E-state index is 13.4.